The fourth-order valence-corrected chi connectivity index (χ4v) is 4.51. The first-order valence-corrected chi connectivity index (χ1v) is 8.57. The first kappa shape index (κ1) is 15.0. The predicted octanol–water partition coefficient (Wildman–Crippen LogP) is 2.64. The van der Waals surface area contributed by atoms with Crippen LogP contribution in [0.1, 0.15) is 0 Å². The van der Waals surface area contributed by atoms with Crippen molar-refractivity contribution in [2.24, 2.45) is 7.05 Å². The van der Waals surface area contributed by atoms with E-state index in [2.05, 4.69) is 53.6 Å². The van der Waals surface area contributed by atoms with E-state index in [1.165, 1.54) is 7.05 Å². The van der Waals surface area contributed by atoms with Gasteiger partial charge in [-0.25, -0.2) is 4.68 Å². The summed E-state index contributed by atoms with van der Waals surface area (Å²) in [5.74, 6) is 0. The standard InChI is InChI=1S/C9H7BrClIN4O2S/c1-16-9(8(10)13-15-16)19(17,18)14-7-3-2-5(12)4-6(7)11/h2-4,14H,1H3. The Kier molecular flexibility index (Phi) is 4.38. The van der Waals surface area contributed by atoms with Gasteiger partial charge in [-0.1, -0.05) is 16.8 Å². The monoisotopic (exact) mass is 476 g/mol. The molecule has 0 unspecified atom stereocenters. The molecule has 0 radical (unpaired) electrons. The fraction of sp³-hybridized carbons (Fsp3) is 0.111. The minimum absolute atomic E-state index is 0.0675. The summed E-state index contributed by atoms with van der Waals surface area (Å²) in [5, 5.41) is 7.52. The Labute approximate surface area is 136 Å². The van der Waals surface area contributed by atoms with Gasteiger partial charge in [0, 0.05) is 10.6 Å². The Balaban J connectivity index is 2.42. The minimum Gasteiger partial charge on any atom is -0.277 e. The molecule has 10 heteroatoms. The molecule has 0 aliphatic heterocycles. The van der Waals surface area contributed by atoms with E-state index >= 15 is 0 Å². The van der Waals surface area contributed by atoms with Gasteiger partial charge in [-0.3, -0.25) is 4.72 Å². The number of nitrogens with one attached hydrogen (secondary N) is 1. The van der Waals surface area contributed by atoms with Crippen LogP contribution in [0, 0.1) is 3.57 Å². The van der Waals surface area contributed by atoms with Crippen LogP contribution in [0.2, 0.25) is 5.02 Å². The molecule has 0 fully saturated rings. The minimum atomic E-state index is -3.81. The van der Waals surface area contributed by atoms with Crippen LogP contribution < -0.4 is 4.72 Å². The first-order chi connectivity index (χ1) is 8.81. The van der Waals surface area contributed by atoms with Gasteiger partial charge in [0.15, 0.2) is 4.60 Å². The van der Waals surface area contributed by atoms with Crippen LogP contribution in [-0.2, 0) is 17.1 Å². The van der Waals surface area contributed by atoms with E-state index in [1.807, 2.05) is 0 Å². The second-order valence-electron chi connectivity index (χ2n) is 3.54. The molecule has 0 aliphatic rings. The number of sulfonamides is 1. The number of nitrogens with zero attached hydrogens (tertiary/aromatic N) is 3. The lowest BCUT2D eigenvalue weighted by Crippen LogP contribution is -2.17. The Hall–Kier alpha value is -0.390. The third-order valence-corrected chi connectivity index (χ3v) is 5.40. The molecule has 0 bridgehead atoms. The maximum Gasteiger partial charge on any atom is 0.281 e. The van der Waals surface area contributed by atoms with Crippen LogP contribution in [0.15, 0.2) is 27.8 Å². The van der Waals surface area contributed by atoms with Crippen molar-refractivity contribution in [1.29, 1.82) is 0 Å². The lowest BCUT2D eigenvalue weighted by molar-refractivity contribution is 0.578. The topological polar surface area (TPSA) is 76.9 Å². The van der Waals surface area contributed by atoms with Crippen LogP contribution in [0.5, 0.6) is 0 Å². The number of halogens is 3. The number of aromatic nitrogens is 3. The molecule has 19 heavy (non-hydrogen) atoms. The molecule has 0 saturated heterocycles. The van der Waals surface area contributed by atoms with Crippen molar-refractivity contribution in [2.45, 2.75) is 5.03 Å². The van der Waals surface area contributed by atoms with Crippen LogP contribution >= 0.6 is 50.1 Å². The van der Waals surface area contributed by atoms with Gasteiger partial charge in [-0.05, 0) is 56.7 Å². The average Bonchev–Trinajstić information content (AvgIpc) is 2.63. The van der Waals surface area contributed by atoms with Gasteiger partial charge in [0.05, 0.1) is 10.7 Å². The summed E-state index contributed by atoms with van der Waals surface area (Å²) in [6.45, 7) is 0. The van der Waals surface area contributed by atoms with Crippen molar-refractivity contribution in [1.82, 2.24) is 15.0 Å². The molecule has 102 valence electrons. The summed E-state index contributed by atoms with van der Waals surface area (Å²) in [6.07, 6.45) is 0. The maximum absolute atomic E-state index is 12.2. The van der Waals surface area contributed by atoms with Crippen LogP contribution in [0.3, 0.4) is 0 Å². The zero-order valence-electron chi connectivity index (χ0n) is 9.43. The smallest absolute Gasteiger partial charge is 0.277 e. The SMILES string of the molecule is Cn1nnc(Br)c1S(=O)(=O)Nc1ccc(I)cc1Cl. The summed E-state index contributed by atoms with van der Waals surface area (Å²) in [7, 11) is -2.32. The molecule has 2 aromatic rings. The molecule has 1 aromatic carbocycles. The molecule has 0 saturated carbocycles. The number of aryl methyl sites for hydroxylation is 1. The first-order valence-electron chi connectivity index (χ1n) is 4.84. The predicted molar refractivity (Wildman–Crippen MR) is 83.7 cm³/mol. The van der Waals surface area contributed by atoms with Crippen molar-refractivity contribution < 1.29 is 8.42 Å². The normalized spacial score (nSPS) is 11.6. The molecule has 6 nitrogen and oxygen atoms in total. The van der Waals surface area contributed by atoms with Crippen molar-refractivity contribution in [3.8, 4) is 0 Å². The summed E-state index contributed by atoms with van der Waals surface area (Å²) in [4.78, 5) is 0. The Bertz CT molecular complexity index is 714. The molecular formula is C9H7BrClIN4O2S. The summed E-state index contributed by atoms with van der Waals surface area (Å²) in [6, 6.07) is 5.01. The largest absolute Gasteiger partial charge is 0.281 e. The third-order valence-electron chi connectivity index (χ3n) is 2.17. The number of anilines is 1. The van der Waals surface area contributed by atoms with Gasteiger partial charge >= 0.3 is 0 Å². The molecule has 0 amide bonds. The highest BCUT2D eigenvalue weighted by atomic mass is 127. The van der Waals surface area contributed by atoms with Crippen molar-refractivity contribution in [2.75, 3.05) is 4.72 Å². The third kappa shape index (κ3) is 3.20. The van der Waals surface area contributed by atoms with E-state index in [0.29, 0.717) is 10.7 Å². The van der Waals surface area contributed by atoms with Gasteiger partial charge in [0.2, 0.25) is 5.03 Å². The molecule has 1 aromatic heterocycles. The van der Waals surface area contributed by atoms with E-state index in [4.69, 9.17) is 11.6 Å². The molecule has 0 atom stereocenters. The van der Waals surface area contributed by atoms with E-state index in [9.17, 15) is 8.42 Å². The number of hydrogen-bond donors (Lipinski definition) is 1. The second-order valence-corrected chi connectivity index (χ2v) is 7.54. The lowest BCUT2D eigenvalue weighted by atomic mass is 10.3. The van der Waals surface area contributed by atoms with Crippen LogP contribution in [-0.4, -0.2) is 23.4 Å². The second kappa shape index (κ2) is 5.54. The highest BCUT2D eigenvalue weighted by Crippen LogP contribution is 2.27. The summed E-state index contributed by atoms with van der Waals surface area (Å²) >= 11 is 11.1. The van der Waals surface area contributed by atoms with Gasteiger partial charge in [-0.15, -0.1) is 5.10 Å². The average molecular weight is 478 g/mol. The Morgan fingerprint density at radius 3 is 2.68 bits per heavy atom. The van der Waals surface area contributed by atoms with E-state index in [1.54, 1.807) is 18.2 Å². The van der Waals surface area contributed by atoms with Crippen LogP contribution in [0.4, 0.5) is 5.69 Å². The highest BCUT2D eigenvalue weighted by Gasteiger charge is 2.24. The molecule has 1 heterocycles. The van der Waals surface area contributed by atoms with Crippen molar-refractivity contribution in [3.63, 3.8) is 0 Å². The van der Waals surface area contributed by atoms with E-state index in [-0.39, 0.29) is 9.63 Å². The Morgan fingerprint density at radius 2 is 2.16 bits per heavy atom. The summed E-state index contributed by atoms with van der Waals surface area (Å²) in [5.41, 5.74) is 0.301. The van der Waals surface area contributed by atoms with Crippen molar-refractivity contribution in [3.05, 3.63) is 31.4 Å². The number of benzene rings is 1. The highest BCUT2D eigenvalue weighted by molar-refractivity contribution is 14.1. The van der Waals surface area contributed by atoms with Gasteiger partial charge in [0.1, 0.15) is 0 Å². The van der Waals surface area contributed by atoms with Crippen LogP contribution in [0.25, 0.3) is 0 Å². The Morgan fingerprint density at radius 1 is 1.47 bits per heavy atom. The number of rotatable bonds is 3. The van der Waals surface area contributed by atoms with E-state index < -0.39 is 10.0 Å². The molecule has 2 rings (SSSR count). The zero-order chi connectivity index (χ0) is 14.2. The molecule has 0 spiro atoms. The summed E-state index contributed by atoms with van der Waals surface area (Å²) < 4.78 is 29.1. The molecular weight excluding hydrogens is 470 g/mol. The van der Waals surface area contributed by atoms with Gasteiger partial charge in [0.25, 0.3) is 10.0 Å². The lowest BCUT2D eigenvalue weighted by Gasteiger charge is -2.09. The van der Waals surface area contributed by atoms with E-state index in [0.717, 1.165) is 8.25 Å². The van der Waals surface area contributed by atoms with Crippen molar-refractivity contribution >= 4 is 65.8 Å². The zero-order valence-corrected chi connectivity index (χ0v) is 14.7. The quantitative estimate of drug-likeness (QED) is 0.690. The fourth-order valence-electron chi connectivity index (χ4n) is 1.37. The number of hydrogen-bond acceptors (Lipinski definition) is 4. The van der Waals surface area contributed by atoms with Gasteiger partial charge < -0.3 is 0 Å². The molecule has 0 aliphatic carbocycles. The van der Waals surface area contributed by atoms with Gasteiger partial charge in [-0.2, -0.15) is 8.42 Å². The maximum atomic E-state index is 12.2. The molecule has 1 N–H and O–H groups in total.